The standard InChI is InChI=1S/C20H24N2O4S/c1-3-26-16-11-14(9-10-15(16)25-2)19(23)21-22-20(24)18-12-13-7-5-4-6-8-17(13)27-18/h9-12H,3-8H2,1-2H3,(H,21,23)(H,22,24). The molecular weight excluding hydrogens is 364 g/mol. The van der Waals surface area contributed by atoms with Gasteiger partial charge < -0.3 is 9.47 Å². The second-order valence-electron chi connectivity index (χ2n) is 6.33. The molecule has 0 bridgehead atoms. The molecule has 6 nitrogen and oxygen atoms in total. The first-order valence-corrected chi connectivity index (χ1v) is 9.97. The number of methoxy groups -OCH3 is 1. The molecule has 2 N–H and O–H groups in total. The molecule has 1 aliphatic rings. The molecule has 0 spiro atoms. The lowest BCUT2D eigenvalue weighted by Crippen LogP contribution is -2.41. The van der Waals surface area contributed by atoms with E-state index < -0.39 is 5.91 Å². The van der Waals surface area contributed by atoms with Gasteiger partial charge in [-0.2, -0.15) is 0 Å². The summed E-state index contributed by atoms with van der Waals surface area (Å²) in [5.74, 6) is 0.337. The Morgan fingerprint density at radius 3 is 2.59 bits per heavy atom. The highest BCUT2D eigenvalue weighted by molar-refractivity contribution is 7.14. The third kappa shape index (κ3) is 4.60. The fraction of sp³-hybridized carbons (Fsp3) is 0.400. The topological polar surface area (TPSA) is 76.7 Å². The lowest BCUT2D eigenvalue weighted by molar-refractivity contribution is 0.0848. The molecule has 0 saturated carbocycles. The van der Waals surface area contributed by atoms with Crippen LogP contribution in [0.25, 0.3) is 0 Å². The molecule has 0 saturated heterocycles. The summed E-state index contributed by atoms with van der Waals surface area (Å²) in [5.41, 5.74) is 6.62. The number of hydrogen-bond donors (Lipinski definition) is 2. The molecule has 1 heterocycles. The molecule has 0 aliphatic heterocycles. The molecule has 1 aliphatic carbocycles. The van der Waals surface area contributed by atoms with Crippen LogP contribution < -0.4 is 20.3 Å². The largest absolute Gasteiger partial charge is 0.493 e. The zero-order chi connectivity index (χ0) is 19.2. The molecule has 1 aromatic carbocycles. The fourth-order valence-electron chi connectivity index (χ4n) is 3.11. The maximum Gasteiger partial charge on any atom is 0.279 e. The quantitative estimate of drug-likeness (QED) is 0.607. The highest BCUT2D eigenvalue weighted by Crippen LogP contribution is 2.29. The van der Waals surface area contributed by atoms with Crippen LogP contribution in [0, 0.1) is 0 Å². The number of carbonyl (C=O) groups is 2. The van der Waals surface area contributed by atoms with Crippen LogP contribution in [0.2, 0.25) is 0 Å². The average Bonchev–Trinajstić information content (AvgIpc) is 2.96. The Kier molecular flexibility index (Phi) is 6.34. The molecule has 1 aromatic heterocycles. The van der Waals surface area contributed by atoms with E-state index in [-0.39, 0.29) is 5.91 Å². The number of benzene rings is 1. The Balaban J connectivity index is 1.63. The number of fused-ring (bicyclic) bond motifs is 1. The molecule has 0 unspecified atom stereocenters. The summed E-state index contributed by atoms with van der Waals surface area (Å²) >= 11 is 1.52. The van der Waals surface area contributed by atoms with Gasteiger partial charge in [0.25, 0.3) is 11.8 Å². The van der Waals surface area contributed by atoms with Crippen LogP contribution in [0.3, 0.4) is 0 Å². The Bertz CT molecular complexity index is 808. The molecule has 2 aromatic rings. The maximum absolute atomic E-state index is 12.4. The Hall–Kier alpha value is -2.54. The van der Waals surface area contributed by atoms with Crippen molar-refractivity contribution in [3.8, 4) is 11.5 Å². The number of rotatable bonds is 5. The lowest BCUT2D eigenvalue weighted by atomic mass is 10.1. The van der Waals surface area contributed by atoms with Crippen LogP contribution >= 0.6 is 11.3 Å². The van der Waals surface area contributed by atoms with Gasteiger partial charge in [0, 0.05) is 10.4 Å². The third-order valence-corrected chi connectivity index (χ3v) is 5.72. The zero-order valence-corrected chi connectivity index (χ0v) is 16.4. The van der Waals surface area contributed by atoms with Crippen LogP contribution in [0.4, 0.5) is 0 Å². The molecule has 7 heteroatoms. The van der Waals surface area contributed by atoms with Crippen molar-refractivity contribution in [3.05, 3.63) is 45.1 Å². The number of nitrogens with one attached hydrogen (secondary N) is 2. The first kappa shape index (κ1) is 19.2. The van der Waals surface area contributed by atoms with E-state index in [1.807, 2.05) is 13.0 Å². The second-order valence-corrected chi connectivity index (χ2v) is 7.46. The van der Waals surface area contributed by atoms with Crippen molar-refractivity contribution < 1.29 is 19.1 Å². The zero-order valence-electron chi connectivity index (χ0n) is 15.6. The fourth-order valence-corrected chi connectivity index (χ4v) is 4.26. The Morgan fingerprint density at radius 2 is 1.81 bits per heavy atom. The lowest BCUT2D eigenvalue weighted by Gasteiger charge is -2.11. The van der Waals surface area contributed by atoms with Gasteiger partial charge in [-0.05, 0) is 62.4 Å². The van der Waals surface area contributed by atoms with E-state index in [0.29, 0.717) is 28.5 Å². The van der Waals surface area contributed by atoms with Crippen LogP contribution in [-0.2, 0) is 12.8 Å². The number of hydrogen-bond acceptors (Lipinski definition) is 5. The van der Waals surface area contributed by atoms with Gasteiger partial charge in [-0.15, -0.1) is 11.3 Å². The summed E-state index contributed by atoms with van der Waals surface area (Å²) in [6.45, 7) is 2.32. The summed E-state index contributed by atoms with van der Waals surface area (Å²) in [4.78, 5) is 26.7. The highest BCUT2D eigenvalue weighted by atomic mass is 32.1. The minimum atomic E-state index is -0.412. The van der Waals surface area contributed by atoms with Crippen molar-refractivity contribution in [2.45, 2.75) is 39.0 Å². The maximum atomic E-state index is 12.4. The first-order valence-electron chi connectivity index (χ1n) is 9.15. The molecule has 27 heavy (non-hydrogen) atoms. The minimum Gasteiger partial charge on any atom is -0.493 e. The number of ether oxygens (including phenoxy) is 2. The molecular formula is C20H24N2O4S. The molecule has 0 fully saturated rings. The highest BCUT2D eigenvalue weighted by Gasteiger charge is 2.17. The van der Waals surface area contributed by atoms with Gasteiger partial charge >= 0.3 is 0 Å². The van der Waals surface area contributed by atoms with Gasteiger partial charge in [0.15, 0.2) is 11.5 Å². The van der Waals surface area contributed by atoms with Crippen molar-refractivity contribution in [1.82, 2.24) is 10.9 Å². The smallest absolute Gasteiger partial charge is 0.279 e. The Morgan fingerprint density at radius 1 is 1.04 bits per heavy atom. The van der Waals surface area contributed by atoms with Crippen LogP contribution in [0.5, 0.6) is 11.5 Å². The number of carbonyl (C=O) groups excluding carboxylic acids is 2. The minimum absolute atomic E-state index is 0.292. The number of amides is 2. The Labute approximate surface area is 162 Å². The van der Waals surface area contributed by atoms with Gasteiger partial charge in [-0.25, -0.2) is 0 Å². The second kappa shape index (κ2) is 8.90. The van der Waals surface area contributed by atoms with Gasteiger partial charge in [-0.3, -0.25) is 20.4 Å². The van der Waals surface area contributed by atoms with Crippen molar-refractivity contribution in [2.75, 3.05) is 13.7 Å². The van der Waals surface area contributed by atoms with Crippen LogP contribution in [0.15, 0.2) is 24.3 Å². The molecule has 0 radical (unpaired) electrons. The summed E-state index contributed by atoms with van der Waals surface area (Å²) in [5, 5.41) is 0. The van der Waals surface area contributed by atoms with E-state index in [2.05, 4.69) is 10.9 Å². The average molecular weight is 388 g/mol. The predicted octanol–water partition coefficient (Wildman–Crippen LogP) is 3.50. The summed E-state index contributed by atoms with van der Waals surface area (Å²) in [7, 11) is 1.54. The molecule has 3 rings (SSSR count). The molecule has 2 amide bonds. The van der Waals surface area contributed by atoms with Crippen LogP contribution in [-0.4, -0.2) is 25.5 Å². The summed E-state index contributed by atoms with van der Waals surface area (Å²) in [6, 6.07) is 6.83. The van der Waals surface area contributed by atoms with Gasteiger partial charge in [-0.1, -0.05) is 6.42 Å². The van der Waals surface area contributed by atoms with E-state index in [0.717, 1.165) is 12.8 Å². The van der Waals surface area contributed by atoms with E-state index in [1.165, 1.54) is 41.0 Å². The SMILES string of the molecule is CCOc1cc(C(=O)NNC(=O)c2cc3c(s2)CCCCC3)ccc1OC. The van der Waals surface area contributed by atoms with E-state index in [9.17, 15) is 9.59 Å². The summed E-state index contributed by atoms with van der Waals surface area (Å²) < 4.78 is 10.7. The first-order chi connectivity index (χ1) is 13.1. The van der Waals surface area contributed by atoms with Gasteiger partial charge in [0.05, 0.1) is 18.6 Å². The van der Waals surface area contributed by atoms with Crippen molar-refractivity contribution in [2.24, 2.45) is 0 Å². The molecule has 144 valence electrons. The van der Waals surface area contributed by atoms with Gasteiger partial charge in [0.1, 0.15) is 0 Å². The van der Waals surface area contributed by atoms with Crippen LogP contribution in [0.1, 0.15) is 56.7 Å². The molecule has 0 atom stereocenters. The normalized spacial score (nSPS) is 13.3. The van der Waals surface area contributed by atoms with Crippen molar-refractivity contribution in [3.63, 3.8) is 0 Å². The van der Waals surface area contributed by atoms with E-state index in [1.54, 1.807) is 25.3 Å². The van der Waals surface area contributed by atoms with Gasteiger partial charge in [0.2, 0.25) is 0 Å². The predicted molar refractivity (Wildman–Crippen MR) is 105 cm³/mol. The van der Waals surface area contributed by atoms with E-state index in [4.69, 9.17) is 9.47 Å². The monoisotopic (exact) mass is 388 g/mol. The van der Waals surface area contributed by atoms with Crippen molar-refractivity contribution in [1.29, 1.82) is 0 Å². The number of hydrazine groups is 1. The number of aryl methyl sites for hydroxylation is 2. The summed E-state index contributed by atoms with van der Waals surface area (Å²) in [6.07, 6.45) is 5.64. The van der Waals surface area contributed by atoms with E-state index >= 15 is 0 Å². The number of thiophene rings is 1. The van der Waals surface area contributed by atoms with Crippen molar-refractivity contribution >= 4 is 23.2 Å². The third-order valence-electron chi connectivity index (χ3n) is 4.49.